The van der Waals surface area contributed by atoms with Gasteiger partial charge in [0.1, 0.15) is 0 Å². The third-order valence-electron chi connectivity index (χ3n) is 3.32. The van der Waals surface area contributed by atoms with E-state index in [4.69, 9.17) is 0 Å². The smallest absolute Gasteiger partial charge is 0.422 e. The molecule has 0 aliphatic heterocycles. The molecule has 0 fully saturated rings. The molecule has 2 rings (SSSR count). The van der Waals surface area contributed by atoms with Crippen molar-refractivity contribution in [1.82, 2.24) is 10.3 Å². The third kappa shape index (κ3) is 5.16. The monoisotopic (exact) mass is 369 g/mol. The molecule has 138 valence electrons. The van der Waals surface area contributed by atoms with Crippen LogP contribution in [0, 0.1) is 17.0 Å². The molecule has 0 unspecified atom stereocenters. The number of nitrogens with one attached hydrogen (secondary N) is 1. The zero-order chi connectivity index (χ0) is 19.3. The molecule has 1 aromatic heterocycles. The summed E-state index contributed by atoms with van der Waals surface area (Å²) in [6.45, 7) is -0.110. The lowest BCUT2D eigenvalue weighted by atomic mass is 10.1. The highest BCUT2D eigenvalue weighted by Crippen LogP contribution is 2.21. The Morgan fingerprint density at radius 3 is 2.69 bits per heavy atom. The Morgan fingerprint density at radius 1 is 1.35 bits per heavy atom. The van der Waals surface area contributed by atoms with E-state index in [1.54, 1.807) is 0 Å². The molecule has 1 N–H and O–H groups in total. The van der Waals surface area contributed by atoms with Crippen molar-refractivity contribution < 1.29 is 27.6 Å². The van der Waals surface area contributed by atoms with Gasteiger partial charge < -0.3 is 10.1 Å². The molecule has 0 atom stereocenters. The van der Waals surface area contributed by atoms with E-state index < -0.39 is 23.6 Å². The molecule has 10 heteroatoms. The number of halogens is 3. The van der Waals surface area contributed by atoms with Crippen LogP contribution in [0.2, 0.25) is 0 Å². The number of alkyl halides is 3. The first-order valence-electron chi connectivity index (χ1n) is 7.34. The van der Waals surface area contributed by atoms with E-state index in [1.165, 1.54) is 43.5 Å². The van der Waals surface area contributed by atoms with Gasteiger partial charge in [0.15, 0.2) is 6.61 Å². The van der Waals surface area contributed by atoms with E-state index in [0.717, 1.165) is 0 Å². The number of hydrogen-bond acceptors (Lipinski definition) is 5. The van der Waals surface area contributed by atoms with Gasteiger partial charge in [-0.25, -0.2) is 4.98 Å². The number of rotatable bonds is 6. The summed E-state index contributed by atoms with van der Waals surface area (Å²) < 4.78 is 41.4. The standard InChI is InChI=1S/C16H14F3N3O4/c1-10-7-11(4-5-13(10)22(24)25)14(23)21-8-12-3-2-6-20-15(12)26-9-16(17,18)19/h2-7H,8-9H2,1H3,(H,21,23). The molecule has 1 heterocycles. The predicted molar refractivity (Wildman–Crippen MR) is 84.8 cm³/mol. The van der Waals surface area contributed by atoms with Crippen LogP contribution in [-0.4, -0.2) is 28.6 Å². The van der Waals surface area contributed by atoms with Gasteiger partial charge >= 0.3 is 6.18 Å². The highest BCUT2D eigenvalue weighted by molar-refractivity contribution is 5.94. The molecule has 0 spiro atoms. The normalized spacial score (nSPS) is 11.1. The van der Waals surface area contributed by atoms with Crippen LogP contribution < -0.4 is 10.1 Å². The number of nitro benzene ring substituents is 1. The van der Waals surface area contributed by atoms with Crippen LogP contribution in [0.1, 0.15) is 21.5 Å². The molecule has 0 aliphatic rings. The molecule has 1 aromatic carbocycles. The Kier molecular flexibility index (Phi) is 5.75. The predicted octanol–water partition coefficient (Wildman–Crippen LogP) is 3.17. The molecule has 0 bridgehead atoms. The Hall–Kier alpha value is -3.17. The number of ether oxygens (including phenoxy) is 1. The maximum Gasteiger partial charge on any atom is 0.422 e. The van der Waals surface area contributed by atoms with Crippen LogP contribution >= 0.6 is 0 Å². The van der Waals surface area contributed by atoms with Gasteiger partial charge in [-0.05, 0) is 25.1 Å². The van der Waals surface area contributed by atoms with E-state index in [2.05, 4.69) is 15.0 Å². The highest BCUT2D eigenvalue weighted by atomic mass is 19.4. The van der Waals surface area contributed by atoms with E-state index >= 15 is 0 Å². The molecule has 0 saturated heterocycles. The maximum atomic E-state index is 12.3. The van der Waals surface area contributed by atoms with E-state index in [-0.39, 0.29) is 29.2 Å². The first-order valence-corrected chi connectivity index (χ1v) is 7.34. The van der Waals surface area contributed by atoms with Gasteiger partial charge in [0.2, 0.25) is 5.88 Å². The fraction of sp³-hybridized carbons (Fsp3) is 0.250. The number of nitro groups is 1. The molecule has 26 heavy (non-hydrogen) atoms. The van der Waals surface area contributed by atoms with Crippen molar-refractivity contribution in [1.29, 1.82) is 0 Å². The number of aryl methyl sites for hydroxylation is 1. The zero-order valence-corrected chi connectivity index (χ0v) is 13.5. The first kappa shape index (κ1) is 19.2. The van der Waals surface area contributed by atoms with Gasteiger partial charge in [-0.15, -0.1) is 0 Å². The number of carbonyl (C=O) groups is 1. The van der Waals surface area contributed by atoms with Crippen molar-refractivity contribution in [3.05, 3.63) is 63.3 Å². The van der Waals surface area contributed by atoms with Gasteiger partial charge in [0, 0.05) is 35.5 Å². The summed E-state index contributed by atoms with van der Waals surface area (Å²) >= 11 is 0. The van der Waals surface area contributed by atoms with Crippen molar-refractivity contribution in [2.75, 3.05) is 6.61 Å². The molecule has 0 saturated carbocycles. The fourth-order valence-electron chi connectivity index (χ4n) is 2.12. The second-order valence-corrected chi connectivity index (χ2v) is 5.31. The number of benzene rings is 1. The molecular weight excluding hydrogens is 355 g/mol. The van der Waals surface area contributed by atoms with Crippen LogP contribution in [0.15, 0.2) is 36.5 Å². The molecule has 0 aliphatic carbocycles. The minimum atomic E-state index is -4.51. The number of nitrogens with zero attached hydrogens (tertiary/aromatic N) is 2. The van der Waals surface area contributed by atoms with E-state index in [0.29, 0.717) is 5.56 Å². The summed E-state index contributed by atoms with van der Waals surface area (Å²) in [6, 6.07) is 6.84. The Labute approximate surface area is 146 Å². The van der Waals surface area contributed by atoms with Crippen molar-refractivity contribution in [2.45, 2.75) is 19.6 Å². The molecule has 0 radical (unpaired) electrons. The van der Waals surface area contributed by atoms with Crippen LogP contribution in [0.3, 0.4) is 0 Å². The van der Waals surface area contributed by atoms with Crippen molar-refractivity contribution in [3.63, 3.8) is 0 Å². The molecule has 1 amide bonds. The van der Waals surface area contributed by atoms with Crippen LogP contribution in [-0.2, 0) is 6.54 Å². The minimum Gasteiger partial charge on any atom is -0.468 e. The summed E-state index contributed by atoms with van der Waals surface area (Å²) in [6.07, 6.45) is -3.23. The lowest BCUT2D eigenvalue weighted by molar-refractivity contribution is -0.385. The quantitative estimate of drug-likeness (QED) is 0.623. The highest BCUT2D eigenvalue weighted by Gasteiger charge is 2.29. The molecular formula is C16H14F3N3O4. The lowest BCUT2D eigenvalue weighted by Crippen LogP contribution is -2.24. The van der Waals surface area contributed by atoms with Crippen LogP contribution in [0.5, 0.6) is 5.88 Å². The molecule has 2 aromatic rings. The maximum absolute atomic E-state index is 12.3. The number of hydrogen-bond donors (Lipinski definition) is 1. The van der Waals surface area contributed by atoms with Gasteiger partial charge in [0.25, 0.3) is 11.6 Å². The summed E-state index contributed by atoms with van der Waals surface area (Å²) in [5.74, 6) is -0.765. The minimum absolute atomic E-state index is 0.114. The third-order valence-corrected chi connectivity index (χ3v) is 3.32. The first-order chi connectivity index (χ1) is 12.2. The largest absolute Gasteiger partial charge is 0.468 e. The topological polar surface area (TPSA) is 94.4 Å². The number of aromatic nitrogens is 1. The van der Waals surface area contributed by atoms with Gasteiger partial charge in [-0.3, -0.25) is 14.9 Å². The summed E-state index contributed by atoms with van der Waals surface area (Å²) in [5.41, 5.74) is 0.661. The van der Waals surface area contributed by atoms with E-state index in [1.807, 2.05) is 0 Å². The average molecular weight is 369 g/mol. The SMILES string of the molecule is Cc1cc(C(=O)NCc2cccnc2OCC(F)(F)F)ccc1[N+](=O)[O-]. The fourth-order valence-corrected chi connectivity index (χ4v) is 2.12. The second kappa shape index (κ2) is 7.81. The van der Waals surface area contributed by atoms with Gasteiger partial charge in [-0.1, -0.05) is 6.07 Å². The summed E-state index contributed by atoms with van der Waals surface area (Å²) in [4.78, 5) is 26.1. The van der Waals surface area contributed by atoms with Crippen molar-refractivity contribution in [3.8, 4) is 5.88 Å². The number of amides is 1. The summed E-state index contributed by atoms with van der Waals surface area (Å²) in [5, 5.41) is 13.3. The van der Waals surface area contributed by atoms with Crippen molar-refractivity contribution in [2.24, 2.45) is 0 Å². The van der Waals surface area contributed by atoms with Gasteiger partial charge in [-0.2, -0.15) is 13.2 Å². The van der Waals surface area contributed by atoms with Crippen LogP contribution in [0.4, 0.5) is 18.9 Å². The summed E-state index contributed by atoms with van der Waals surface area (Å²) in [7, 11) is 0. The van der Waals surface area contributed by atoms with E-state index in [9.17, 15) is 28.1 Å². The average Bonchev–Trinajstić information content (AvgIpc) is 2.57. The lowest BCUT2D eigenvalue weighted by Gasteiger charge is -2.12. The Bertz CT molecular complexity index is 825. The van der Waals surface area contributed by atoms with Crippen LogP contribution in [0.25, 0.3) is 0 Å². The van der Waals surface area contributed by atoms with Gasteiger partial charge in [0.05, 0.1) is 4.92 Å². The number of pyridine rings is 1. The van der Waals surface area contributed by atoms with Crippen molar-refractivity contribution >= 4 is 11.6 Å². The Balaban J connectivity index is 2.06. The second-order valence-electron chi connectivity index (χ2n) is 5.31. The molecule has 7 nitrogen and oxygen atoms in total. The number of carbonyl (C=O) groups excluding carboxylic acids is 1. The zero-order valence-electron chi connectivity index (χ0n) is 13.5. The Morgan fingerprint density at radius 2 is 2.08 bits per heavy atom.